The first kappa shape index (κ1) is 11.4. The van der Waals surface area contributed by atoms with Gasteiger partial charge in [-0.25, -0.2) is 0 Å². The summed E-state index contributed by atoms with van der Waals surface area (Å²) in [6, 6.07) is 0. The zero-order valence-electron chi connectivity index (χ0n) is 9.72. The molecule has 0 saturated carbocycles. The van der Waals surface area contributed by atoms with Gasteiger partial charge in [0, 0.05) is 20.3 Å². The average Bonchev–Trinajstić information content (AvgIpc) is 2.87. The average molecular weight is 226 g/mol. The fraction of sp³-hybridized carbons (Fsp3) is 0.727. The highest BCUT2D eigenvalue weighted by atomic mass is 16.5. The van der Waals surface area contributed by atoms with Crippen molar-refractivity contribution in [2.75, 3.05) is 20.3 Å². The number of methoxy groups -OCH3 is 1. The van der Waals surface area contributed by atoms with Crippen LogP contribution in [0, 0.1) is 5.92 Å². The van der Waals surface area contributed by atoms with Crippen LogP contribution >= 0.6 is 0 Å². The maximum atomic E-state index is 10.2. The van der Waals surface area contributed by atoms with Crippen LogP contribution in [0.3, 0.4) is 0 Å². The molecule has 0 spiro atoms. The molecule has 1 saturated heterocycles. The van der Waals surface area contributed by atoms with Gasteiger partial charge in [-0.15, -0.1) is 0 Å². The Bertz CT molecular complexity index is 345. The topological polar surface area (TPSA) is 56.5 Å². The first-order chi connectivity index (χ1) is 7.72. The number of aliphatic hydroxyl groups is 1. The molecule has 0 bridgehead atoms. The summed E-state index contributed by atoms with van der Waals surface area (Å²) in [5.74, 6) is 1.09. The zero-order chi connectivity index (χ0) is 11.5. The molecule has 1 N–H and O–H groups in total. The zero-order valence-corrected chi connectivity index (χ0v) is 9.72. The molecule has 1 aromatic rings. The number of hydrogen-bond acceptors (Lipinski definition) is 4. The summed E-state index contributed by atoms with van der Waals surface area (Å²) >= 11 is 0. The minimum Gasteiger partial charge on any atom is -0.493 e. The van der Waals surface area contributed by atoms with Crippen LogP contribution in [0.1, 0.15) is 24.6 Å². The molecule has 90 valence electrons. The van der Waals surface area contributed by atoms with Crippen molar-refractivity contribution in [3.63, 3.8) is 0 Å². The number of aromatic nitrogens is 2. The van der Waals surface area contributed by atoms with Crippen LogP contribution in [0.25, 0.3) is 0 Å². The Morgan fingerprint density at radius 3 is 3.19 bits per heavy atom. The van der Waals surface area contributed by atoms with Gasteiger partial charge >= 0.3 is 0 Å². The Morgan fingerprint density at radius 1 is 1.75 bits per heavy atom. The highest BCUT2D eigenvalue weighted by molar-refractivity contribution is 5.27. The molecular formula is C11H18N2O3. The van der Waals surface area contributed by atoms with E-state index in [1.807, 2.05) is 7.05 Å². The molecule has 1 fully saturated rings. The van der Waals surface area contributed by atoms with Crippen molar-refractivity contribution in [3.8, 4) is 5.75 Å². The summed E-state index contributed by atoms with van der Waals surface area (Å²) < 4.78 is 12.1. The number of ether oxygens (including phenoxy) is 2. The SMILES string of the molecule is COc1cnn(C)c1C(O)CC1CCOC1. The third kappa shape index (κ3) is 2.20. The summed E-state index contributed by atoms with van der Waals surface area (Å²) in [6.45, 7) is 1.55. The quantitative estimate of drug-likeness (QED) is 0.828. The Hall–Kier alpha value is -1.07. The van der Waals surface area contributed by atoms with Crippen molar-refractivity contribution >= 4 is 0 Å². The van der Waals surface area contributed by atoms with Gasteiger partial charge in [0.2, 0.25) is 0 Å². The van der Waals surface area contributed by atoms with Crippen molar-refractivity contribution < 1.29 is 14.6 Å². The van der Waals surface area contributed by atoms with E-state index in [-0.39, 0.29) is 0 Å². The van der Waals surface area contributed by atoms with E-state index in [9.17, 15) is 5.11 Å². The van der Waals surface area contributed by atoms with Crippen LogP contribution in [0.5, 0.6) is 5.75 Å². The van der Waals surface area contributed by atoms with E-state index in [0.29, 0.717) is 18.1 Å². The van der Waals surface area contributed by atoms with Gasteiger partial charge in [0.1, 0.15) is 5.69 Å². The Morgan fingerprint density at radius 2 is 2.56 bits per heavy atom. The smallest absolute Gasteiger partial charge is 0.162 e. The highest BCUT2D eigenvalue weighted by Crippen LogP contribution is 2.31. The molecule has 0 aliphatic carbocycles. The van der Waals surface area contributed by atoms with Crippen LogP contribution in [0.15, 0.2) is 6.20 Å². The van der Waals surface area contributed by atoms with Gasteiger partial charge in [-0.3, -0.25) is 4.68 Å². The summed E-state index contributed by atoms with van der Waals surface area (Å²) in [4.78, 5) is 0. The van der Waals surface area contributed by atoms with Gasteiger partial charge in [0.15, 0.2) is 5.75 Å². The molecule has 2 rings (SSSR count). The van der Waals surface area contributed by atoms with E-state index in [0.717, 1.165) is 25.3 Å². The monoisotopic (exact) mass is 226 g/mol. The van der Waals surface area contributed by atoms with Crippen LogP contribution in [-0.2, 0) is 11.8 Å². The van der Waals surface area contributed by atoms with Crippen molar-refractivity contribution in [1.82, 2.24) is 9.78 Å². The Balaban J connectivity index is 2.06. The normalized spacial score (nSPS) is 22.3. The molecular weight excluding hydrogens is 208 g/mol. The number of rotatable bonds is 4. The van der Waals surface area contributed by atoms with E-state index in [1.54, 1.807) is 18.0 Å². The molecule has 2 atom stereocenters. The molecule has 2 heterocycles. The van der Waals surface area contributed by atoms with Crippen molar-refractivity contribution in [3.05, 3.63) is 11.9 Å². The third-order valence-electron chi connectivity index (χ3n) is 3.07. The maximum Gasteiger partial charge on any atom is 0.162 e. The second-order valence-corrected chi connectivity index (χ2v) is 4.20. The summed E-state index contributed by atoms with van der Waals surface area (Å²) in [5, 5.41) is 14.2. The number of aliphatic hydroxyl groups excluding tert-OH is 1. The molecule has 0 aromatic carbocycles. The first-order valence-corrected chi connectivity index (χ1v) is 5.54. The van der Waals surface area contributed by atoms with Crippen LogP contribution in [0.4, 0.5) is 0 Å². The number of nitrogens with zero attached hydrogens (tertiary/aromatic N) is 2. The van der Waals surface area contributed by atoms with Gasteiger partial charge in [-0.2, -0.15) is 5.10 Å². The minimum atomic E-state index is -0.533. The lowest BCUT2D eigenvalue weighted by atomic mass is 9.99. The molecule has 5 heteroatoms. The van der Waals surface area contributed by atoms with Gasteiger partial charge in [-0.05, 0) is 18.8 Å². The molecule has 1 aliphatic heterocycles. The van der Waals surface area contributed by atoms with Crippen LogP contribution in [0.2, 0.25) is 0 Å². The molecule has 2 unspecified atom stereocenters. The third-order valence-corrected chi connectivity index (χ3v) is 3.07. The largest absolute Gasteiger partial charge is 0.493 e. The number of aryl methyl sites for hydroxylation is 1. The minimum absolute atomic E-state index is 0.439. The molecule has 1 aromatic heterocycles. The first-order valence-electron chi connectivity index (χ1n) is 5.54. The van der Waals surface area contributed by atoms with Gasteiger partial charge in [0.05, 0.1) is 19.4 Å². The van der Waals surface area contributed by atoms with Crippen molar-refractivity contribution in [1.29, 1.82) is 0 Å². The lowest BCUT2D eigenvalue weighted by Crippen LogP contribution is -2.11. The summed E-state index contributed by atoms with van der Waals surface area (Å²) in [6.07, 6.45) is 2.82. The standard InChI is InChI=1S/C11H18N2O3/c1-13-11(10(15-2)6-12-13)9(14)5-8-3-4-16-7-8/h6,8-9,14H,3-5,7H2,1-2H3. The van der Waals surface area contributed by atoms with Gasteiger partial charge in [-0.1, -0.05) is 0 Å². The lowest BCUT2D eigenvalue weighted by molar-refractivity contribution is 0.120. The van der Waals surface area contributed by atoms with Gasteiger partial charge in [0.25, 0.3) is 0 Å². The predicted octanol–water partition coefficient (Wildman–Crippen LogP) is 0.889. The molecule has 5 nitrogen and oxygen atoms in total. The number of hydrogen-bond donors (Lipinski definition) is 1. The van der Waals surface area contributed by atoms with E-state index < -0.39 is 6.10 Å². The van der Waals surface area contributed by atoms with Gasteiger partial charge < -0.3 is 14.6 Å². The fourth-order valence-electron chi connectivity index (χ4n) is 2.16. The molecule has 0 amide bonds. The van der Waals surface area contributed by atoms with Crippen molar-refractivity contribution in [2.45, 2.75) is 18.9 Å². The van der Waals surface area contributed by atoms with Crippen LogP contribution < -0.4 is 4.74 Å². The lowest BCUT2D eigenvalue weighted by Gasteiger charge is -2.15. The second-order valence-electron chi connectivity index (χ2n) is 4.20. The van der Waals surface area contributed by atoms with E-state index in [4.69, 9.17) is 9.47 Å². The maximum absolute atomic E-state index is 10.2. The van der Waals surface area contributed by atoms with Crippen molar-refractivity contribution in [2.24, 2.45) is 13.0 Å². The van der Waals surface area contributed by atoms with E-state index in [2.05, 4.69) is 5.10 Å². The summed E-state index contributed by atoms with van der Waals surface area (Å²) in [5.41, 5.74) is 0.745. The summed E-state index contributed by atoms with van der Waals surface area (Å²) in [7, 11) is 3.40. The highest BCUT2D eigenvalue weighted by Gasteiger charge is 2.24. The molecule has 0 radical (unpaired) electrons. The van der Waals surface area contributed by atoms with Crippen LogP contribution in [-0.4, -0.2) is 35.2 Å². The predicted molar refractivity (Wildman–Crippen MR) is 58.3 cm³/mol. The second kappa shape index (κ2) is 4.84. The fourth-order valence-corrected chi connectivity index (χ4v) is 2.16. The Kier molecular flexibility index (Phi) is 3.46. The van der Waals surface area contributed by atoms with E-state index in [1.165, 1.54) is 0 Å². The Labute approximate surface area is 95.0 Å². The van der Waals surface area contributed by atoms with E-state index >= 15 is 0 Å². The molecule has 1 aliphatic rings. The molecule has 16 heavy (non-hydrogen) atoms.